The maximum absolute atomic E-state index is 13.4. The van der Waals surface area contributed by atoms with E-state index in [4.69, 9.17) is 5.73 Å². The van der Waals surface area contributed by atoms with Gasteiger partial charge in [0.2, 0.25) is 0 Å². The average molecular weight is 275 g/mol. The summed E-state index contributed by atoms with van der Waals surface area (Å²) in [7, 11) is 2.01. The van der Waals surface area contributed by atoms with Crippen LogP contribution in [-0.2, 0) is 13.6 Å². The Morgan fingerprint density at radius 3 is 2.60 bits per heavy atom. The molecule has 0 saturated heterocycles. The molecule has 0 bridgehead atoms. The Labute approximate surface area is 117 Å². The standard InChI is InChI=1S/C15H18FN3O/c1-9-6-11(10(2)19(9)3)8-18-12-4-5-14(16)13(7-12)15(17)20/h4-7,18H,8H2,1-3H3,(H2,17,20). The predicted octanol–water partition coefficient (Wildman–Crippen LogP) is 2.49. The van der Waals surface area contributed by atoms with Gasteiger partial charge >= 0.3 is 0 Å². The number of carbonyl (C=O) groups excluding carboxylic acids is 1. The first-order valence-corrected chi connectivity index (χ1v) is 6.35. The number of primary amides is 1. The minimum absolute atomic E-state index is 0.101. The van der Waals surface area contributed by atoms with Crippen molar-refractivity contribution in [3.05, 3.63) is 52.6 Å². The summed E-state index contributed by atoms with van der Waals surface area (Å²) in [6.07, 6.45) is 0. The van der Waals surface area contributed by atoms with Gasteiger partial charge in [-0.1, -0.05) is 0 Å². The highest BCUT2D eigenvalue weighted by Crippen LogP contribution is 2.18. The second-order valence-corrected chi connectivity index (χ2v) is 4.87. The van der Waals surface area contributed by atoms with Crippen molar-refractivity contribution < 1.29 is 9.18 Å². The molecular formula is C15H18FN3O. The molecule has 0 spiro atoms. The first kappa shape index (κ1) is 14.1. The van der Waals surface area contributed by atoms with Crippen LogP contribution in [0.15, 0.2) is 24.3 Å². The van der Waals surface area contributed by atoms with Crippen molar-refractivity contribution >= 4 is 11.6 Å². The number of nitrogens with one attached hydrogen (secondary N) is 1. The number of hydrogen-bond donors (Lipinski definition) is 2. The molecule has 5 heteroatoms. The lowest BCUT2D eigenvalue weighted by Gasteiger charge is -2.08. The summed E-state index contributed by atoms with van der Waals surface area (Å²) in [6.45, 7) is 4.69. The first-order valence-electron chi connectivity index (χ1n) is 6.35. The highest BCUT2D eigenvalue weighted by molar-refractivity contribution is 5.94. The number of hydrogen-bond acceptors (Lipinski definition) is 2. The van der Waals surface area contributed by atoms with E-state index in [-0.39, 0.29) is 5.56 Å². The van der Waals surface area contributed by atoms with Gasteiger partial charge in [-0.15, -0.1) is 0 Å². The van der Waals surface area contributed by atoms with Gasteiger partial charge in [0.15, 0.2) is 0 Å². The van der Waals surface area contributed by atoms with Crippen LogP contribution in [0, 0.1) is 19.7 Å². The summed E-state index contributed by atoms with van der Waals surface area (Å²) in [4.78, 5) is 11.1. The van der Waals surface area contributed by atoms with Crippen LogP contribution in [0.5, 0.6) is 0 Å². The van der Waals surface area contributed by atoms with Crippen LogP contribution < -0.4 is 11.1 Å². The van der Waals surface area contributed by atoms with Gasteiger partial charge in [0.05, 0.1) is 5.56 Å². The third kappa shape index (κ3) is 2.66. The molecular weight excluding hydrogens is 257 g/mol. The second-order valence-electron chi connectivity index (χ2n) is 4.87. The zero-order valence-corrected chi connectivity index (χ0v) is 11.8. The quantitative estimate of drug-likeness (QED) is 0.900. The Hall–Kier alpha value is -2.30. The van der Waals surface area contributed by atoms with Crippen molar-refractivity contribution in [3.63, 3.8) is 0 Å². The lowest BCUT2D eigenvalue weighted by atomic mass is 10.1. The topological polar surface area (TPSA) is 60.0 Å². The molecule has 2 aromatic rings. The molecule has 0 atom stereocenters. The van der Waals surface area contributed by atoms with Gasteiger partial charge in [-0.25, -0.2) is 4.39 Å². The zero-order chi connectivity index (χ0) is 14.9. The number of aromatic nitrogens is 1. The fraction of sp³-hybridized carbons (Fsp3) is 0.267. The Morgan fingerprint density at radius 2 is 2.05 bits per heavy atom. The van der Waals surface area contributed by atoms with Crippen LogP contribution in [-0.4, -0.2) is 10.5 Å². The van der Waals surface area contributed by atoms with E-state index in [0.717, 1.165) is 5.56 Å². The molecule has 1 aromatic heterocycles. The number of benzene rings is 1. The molecule has 0 aliphatic carbocycles. The number of rotatable bonds is 4. The van der Waals surface area contributed by atoms with E-state index in [1.54, 1.807) is 6.07 Å². The largest absolute Gasteiger partial charge is 0.381 e. The summed E-state index contributed by atoms with van der Waals surface area (Å²) in [5.74, 6) is -1.37. The van der Waals surface area contributed by atoms with Gasteiger partial charge in [0, 0.05) is 30.7 Å². The molecule has 2 rings (SSSR count). The maximum Gasteiger partial charge on any atom is 0.251 e. The van der Waals surface area contributed by atoms with Crippen molar-refractivity contribution in [1.82, 2.24) is 4.57 Å². The Bertz CT molecular complexity index is 661. The lowest BCUT2D eigenvalue weighted by molar-refractivity contribution is 0.0996. The molecule has 1 amide bonds. The normalized spacial score (nSPS) is 10.6. The third-order valence-electron chi connectivity index (χ3n) is 3.59. The van der Waals surface area contributed by atoms with E-state index in [9.17, 15) is 9.18 Å². The minimum atomic E-state index is -0.766. The van der Waals surface area contributed by atoms with Gasteiger partial charge < -0.3 is 15.6 Å². The molecule has 0 saturated carbocycles. The average Bonchev–Trinajstić information content (AvgIpc) is 2.65. The Kier molecular flexibility index (Phi) is 3.79. The maximum atomic E-state index is 13.4. The molecule has 1 aromatic carbocycles. The van der Waals surface area contributed by atoms with Gasteiger partial charge in [-0.2, -0.15) is 0 Å². The van der Waals surface area contributed by atoms with E-state index in [2.05, 4.69) is 16.0 Å². The van der Waals surface area contributed by atoms with Gasteiger partial charge in [0.25, 0.3) is 5.91 Å². The second kappa shape index (κ2) is 5.36. The van der Waals surface area contributed by atoms with E-state index < -0.39 is 11.7 Å². The molecule has 0 aliphatic heterocycles. The van der Waals surface area contributed by atoms with E-state index in [0.29, 0.717) is 12.2 Å². The van der Waals surface area contributed by atoms with E-state index >= 15 is 0 Å². The Morgan fingerprint density at radius 1 is 1.35 bits per heavy atom. The van der Waals surface area contributed by atoms with Gasteiger partial charge in [0.1, 0.15) is 5.82 Å². The first-order chi connectivity index (χ1) is 9.40. The monoisotopic (exact) mass is 275 g/mol. The number of carbonyl (C=O) groups is 1. The summed E-state index contributed by atoms with van der Waals surface area (Å²) in [5.41, 5.74) is 9.21. The van der Waals surface area contributed by atoms with Crippen LogP contribution in [0.1, 0.15) is 27.3 Å². The molecule has 106 valence electrons. The smallest absolute Gasteiger partial charge is 0.251 e. The summed E-state index contributed by atoms with van der Waals surface area (Å²) < 4.78 is 15.5. The molecule has 20 heavy (non-hydrogen) atoms. The Balaban J connectivity index is 2.17. The molecule has 4 nitrogen and oxygen atoms in total. The fourth-order valence-electron chi connectivity index (χ4n) is 2.13. The summed E-state index contributed by atoms with van der Waals surface area (Å²) in [5, 5.41) is 3.18. The van der Waals surface area contributed by atoms with Gasteiger partial charge in [-0.05, 0) is 43.7 Å². The number of amides is 1. The number of nitrogens with two attached hydrogens (primary N) is 1. The van der Waals surface area contributed by atoms with E-state index in [1.807, 2.05) is 20.9 Å². The molecule has 0 aliphatic rings. The highest BCUT2D eigenvalue weighted by atomic mass is 19.1. The molecule has 0 radical (unpaired) electrons. The number of halogens is 1. The van der Waals surface area contributed by atoms with Crippen LogP contribution in [0.25, 0.3) is 0 Å². The molecule has 0 unspecified atom stereocenters. The lowest BCUT2D eigenvalue weighted by Crippen LogP contribution is -2.13. The SMILES string of the molecule is Cc1cc(CNc2ccc(F)c(C(N)=O)c2)c(C)n1C. The molecule has 3 N–H and O–H groups in total. The highest BCUT2D eigenvalue weighted by Gasteiger charge is 2.10. The number of nitrogens with zero attached hydrogens (tertiary/aromatic N) is 1. The van der Waals surface area contributed by atoms with Crippen molar-refractivity contribution in [1.29, 1.82) is 0 Å². The molecule has 0 fully saturated rings. The number of aryl methyl sites for hydroxylation is 1. The van der Waals surface area contributed by atoms with Crippen molar-refractivity contribution in [2.75, 3.05) is 5.32 Å². The van der Waals surface area contributed by atoms with Gasteiger partial charge in [-0.3, -0.25) is 4.79 Å². The van der Waals surface area contributed by atoms with Crippen molar-refractivity contribution in [2.24, 2.45) is 12.8 Å². The fourth-order valence-corrected chi connectivity index (χ4v) is 2.13. The van der Waals surface area contributed by atoms with Crippen LogP contribution in [0.3, 0.4) is 0 Å². The summed E-state index contributed by atoms with van der Waals surface area (Å²) >= 11 is 0. The van der Waals surface area contributed by atoms with Crippen LogP contribution in [0.4, 0.5) is 10.1 Å². The van der Waals surface area contributed by atoms with Crippen molar-refractivity contribution in [3.8, 4) is 0 Å². The predicted molar refractivity (Wildman–Crippen MR) is 77.1 cm³/mol. The van der Waals surface area contributed by atoms with Crippen LogP contribution >= 0.6 is 0 Å². The van der Waals surface area contributed by atoms with Crippen molar-refractivity contribution in [2.45, 2.75) is 20.4 Å². The third-order valence-corrected chi connectivity index (χ3v) is 3.59. The minimum Gasteiger partial charge on any atom is -0.381 e. The zero-order valence-electron chi connectivity index (χ0n) is 11.8. The van der Waals surface area contributed by atoms with E-state index in [1.165, 1.54) is 23.5 Å². The number of anilines is 1. The summed E-state index contributed by atoms with van der Waals surface area (Å²) in [6, 6.07) is 6.36. The molecule has 1 heterocycles. The van der Waals surface area contributed by atoms with Crippen LogP contribution in [0.2, 0.25) is 0 Å².